The van der Waals surface area contributed by atoms with Crippen LogP contribution in [0.25, 0.3) is 10.6 Å². The minimum atomic E-state index is -0.259. The maximum Gasteiger partial charge on any atom is 0.275 e. The molecule has 0 aliphatic carbocycles. The lowest BCUT2D eigenvalue weighted by Gasteiger charge is -2.33. The number of benzene rings is 1. The van der Waals surface area contributed by atoms with Crippen LogP contribution in [0.2, 0.25) is 0 Å². The molecule has 0 spiro atoms. The van der Waals surface area contributed by atoms with Gasteiger partial charge in [-0.25, -0.2) is 4.98 Å². The van der Waals surface area contributed by atoms with Crippen molar-refractivity contribution in [2.75, 3.05) is 23.3 Å². The van der Waals surface area contributed by atoms with Crippen LogP contribution in [-0.4, -0.2) is 40.1 Å². The molecule has 8 nitrogen and oxygen atoms in total. The summed E-state index contributed by atoms with van der Waals surface area (Å²) in [7, 11) is 0. The summed E-state index contributed by atoms with van der Waals surface area (Å²) in [5, 5.41) is 12.1. The van der Waals surface area contributed by atoms with Gasteiger partial charge in [0.25, 0.3) is 5.91 Å². The summed E-state index contributed by atoms with van der Waals surface area (Å²) in [6.45, 7) is 1.45. The zero-order valence-electron chi connectivity index (χ0n) is 15.1. The number of hydrogen-bond donors (Lipinski definition) is 3. The van der Waals surface area contributed by atoms with Crippen molar-refractivity contribution < 1.29 is 9.59 Å². The molecule has 1 aliphatic rings. The average Bonchev–Trinajstić information content (AvgIpc) is 3.40. The van der Waals surface area contributed by atoms with Crippen molar-refractivity contribution in [2.45, 2.75) is 12.8 Å². The van der Waals surface area contributed by atoms with E-state index in [0.29, 0.717) is 5.69 Å². The summed E-state index contributed by atoms with van der Waals surface area (Å²) in [6.07, 6.45) is 4.85. The first-order valence-electron chi connectivity index (χ1n) is 9.01. The molecule has 2 amide bonds. The van der Waals surface area contributed by atoms with Gasteiger partial charge in [-0.3, -0.25) is 14.7 Å². The highest BCUT2D eigenvalue weighted by Gasteiger charge is 2.25. The number of nitrogens with zero attached hydrogens (tertiary/aromatic N) is 3. The van der Waals surface area contributed by atoms with Gasteiger partial charge in [-0.1, -0.05) is 12.1 Å². The van der Waals surface area contributed by atoms with Gasteiger partial charge in [0.15, 0.2) is 0 Å². The highest BCUT2D eigenvalue weighted by atomic mass is 32.1. The Hall–Kier alpha value is -3.20. The number of para-hydroxylation sites is 2. The predicted molar refractivity (Wildman–Crippen MR) is 108 cm³/mol. The minimum absolute atomic E-state index is 0.0747. The number of thiazole rings is 1. The SMILES string of the molecule is NC(=O)C1CCN(c2ccccc2NC(=O)c2csc(-c3cn[nH]c3)n2)CC1. The van der Waals surface area contributed by atoms with Gasteiger partial charge in [0, 0.05) is 36.1 Å². The van der Waals surface area contributed by atoms with E-state index in [2.05, 4.69) is 25.4 Å². The van der Waals surface area contributed by atoms with Gasteiger partial charge in [0.1, 0.15) is 10.7 Å². The van der Waals surface area contributed by atoms with Crippen LogP contribution in [-0.2, 0) is 4.79 Å². The van der Waals surface area contributed by atoms with Crippen LogP contribution in [0.4, 0.5) is 11.4 Å². The number of rotatable bonds is 5. The fraction of sp³-hybridized carbons (Fsp3) is 0.263. The Morgan fingerprint density at radius 3 is 2.75 bits per heavy atom. The molecular formula is C19H20N6O2S. The normalized spacial score (nSPS) is 14.8. The van der Waals surface area contributed by atoms with E-state index in [1.165, 1.54) is 11.3 Å². The van der Waals surface area contributed by atoms with Gasteiger partial charge in [0.2, 0.25) is 5.91 Å². The third-order valence-corrected chi connectivity index (χ3v) is 5.76. The van der Waals surface area contributed by atoms with Crippen LogP contribution < -0.4 is 16.0 Å². The molecule has 9 heteroatoms. The third-order valence-electron chi connectivity index (χ3n) is 4.87. The molecule has 4 N–H and O–H groups in total. The molecule has 0 atom stereocenters. The topological polar surface area (TPSA) is 117 Å². The van der Waals surface area contributed by atoms with Crippen molar-refractivity contribution >= 4 is 34.5 Å². The van der Waals surface area contributed by atoms with E-state index in [1.54, 1.807) is 17.8 Å². The number of carbonyl (C=O) groups excluding carboxylic acids is 2. The molecule has 1 aliphatic heterocycles. The second-order valence-corrected chi connectivity index (χ2v) is 7.52. The first kappa shape index (κ1) is 18.2. The van der Waals surface area contributed by atoms with Gasteiger partial charge in [-0.2, -0.15) is 5.10 Å². The van der Waals surface area contributed by atoms with E-state index in [1.807, 2.05) is 24.3 Å². The Labute approximate surface area is 165 Å². The number of aromatic amines is 1. The molecule has 0 saturated carbocycles. The standard InChI is InChI=1S/C19H20N6O2S/c20-17(26)12-5-7-25(8-6-12)16-4-2-1-3-14(16)23-18(27)15-11-28-19(24-15)13-9-21-22-10-13/h1-4,9-12H,5-8H2,(H2,20,26)(H,21,22)(H,23,27). The zero-order chi connectivity index (χ0) is 19.5. The summed E-state index contributed by atoms with van der Waals surface area (Å²) in [5.74, 6) is -0.571. The van der Waals surface area contributed by atoms with Crippen LogP contribution >= 0.6 is 11.3 Å². The number of primary amides is 1. The maximum absolute atomic E-state index is 12.7. The molecule has 28 heavy (non-hydrogen) atoms. The van der Waals surface area contributed by atoms with E-state index < -0.39 is 0 Å². The van der Waals surface area contributed by atoms with E-state index in [4.69, 9.17) is 5.73 Å². The molecule has 1 saturated heterocycles. The van der Waals surface area contributed by atoms with Crippen molar-refractivity contribution in [1.82, 2.24) is 15.2 Å². The fourth-order valence-corrected chi connectivity index (χ4v) is 4.11. The molecule has 144 valence electrons. The molecule has 0 bridgehead atoms. The van der Waals surface area contributed by atoms with E-state index in [9.17, 15) is 9.59 Å². The van der Waals surface area contributed by atoms with Crippen LogP contribution in [0.3, 0.4) is 0 Å². The Balaban J connectivity index is 1.48. The predicted octanol–water partition coefficient (Wildman–Crippen LogP) is 2.49. The summed E-state index contributed by atoms with van der Waals surface area (Å²) >= 11 is 1.40. The number of carbonyl (C=O) groups is 2. The number of piperidine rings is 1. The second kappa shape index (κ2) is 7.81. The van der Waals surface area contributed by atoms with Crippen LogP contribution in [0.5, 0.6) is 0 Å². The number of H-pyrrole nitrogens is 1. The van der Waals surface area contributed by atoms with Crippen molar-refractivity contribution in [2.24, 2.45) is 11.7 Å². The van der Waals surface area contributed by atoms with E-state index >= 15 is 0 Å². The summed E-state index contributed by atoms with van der Waals surface area (Å²) in [6, 6.07) is 7.66. The van der Waals surface area contributed by atoms with Crippen LogP contribution in [0.15, 0.2) is 42.0 Å². The Kier molecular flexibility index (Phi) is 5.07. The lowest BCUT2D eigenvalue weighted by Crippen LogP contribution is -2.38. The average molecular weight is 396 g/mol. The first-order chi connectivity index (χ1) is 13.6. The molecule has 1 fully saturated rings. The quantitative estimate of drug-likeness (QED) is 0.612. The number of amides is 2. The van der Waals surface area contributed by atoms with Crippen molar-refractivity contribution in [3.63, 3.8) is 0 Å². The monoisotopic (exact) mass is 396 g/mol. The van der Waals surface area contributed by atoms with Gasteiger partial charge < -0.3 is 16.0 Å². The second-order valence-electron chi connectivity index (χ2n) is 6.66. The van der Waals surface area contributed by atoms with Crippen molar-refractivity contribution in [3.05, 3.63) is 47.7 Å². The molecule has 2 aromatic heterocycles. The Morgan fingerprint density at radius 2 is 2.04 bits per heavy atom. The lowest BCUT2D eigenvalue weighted by atomic mass is 9.96. The summed E-state index contributed by atoms with van der Waals surface area (Å²) in [5.41, 5.74) is 8.29. The minimum Gasteiger partial charge on any atom is -0.370 e. The van der Waals surface area contributed by atoms with E-state index in [-0.39, 0.29) is 17.7 Å². The lowest BCUT2D eigenvalue weighted by molar-refractivity contribution is -0.122. The smallest absolute Gasteiger partial charge is 0.275 e. The number of nitrogens with two attached hydrogens (primary N) is 1. The molecule has 1 aromatic carbocycles. The third kappa shape index (κ3) is 3.74. The Morgan fingerprint density at radius 1 is 1.25 bits per heavy atom. The number of aromatic nitrogens is 3. The van der Waals surface area contributed by atoms with Gasteiger partial charge in [0.05, 0.1) is 17.6 Å². The Bertz CT molecular complexity index is 976. The molecule has 0 radical (unpaired) electrons. The molecule has 4 rings (SSSR count). The van der Waals surface area contributed by atoms with Gasteiger partial charge >= 0.3 is 0 Å². The molecular weight excluding hydrogens is 376 g/mol. The van der Waals surface area contributed by atoms with E-state index in [0.717, 1.165) is 47.9 Å². The number of hydrogen-bond acceptors (Lipinski definition) is 6. The van der Waals surface area contributed by atoms with Crippen molar-refractivity contribution in [3.8, 4) is 10.6 Å². The summed E-state index contributed by atoms with van der Waals surface area (Å²) < 4.78 is 0. The van der Waals surface area contributed by atoms with Gasteiger partial charge in [-0.15, -0.1) is 11.3 Å². The fourth-order valence-electron chi connectivity index (χ4n) is 3.32. The van der Waals surface area contributed by atoms with Crippen LogP contribution in [0, 0.1) is 5.92 Å². The zero-order valence-corrected chi connectivity index (χ0v) is 15.9. The number of anilines is 2. The maximum atomic E-state index is 12.7. The number of nitrogens with one attached hydrogen (secondary N) is 2. The molecule has 3 heterocycles. The summed E-state index contributed by atoms with van der Waals surface area (Å²) in [4.78, 5) is 30.7. The highest BCUT2D eigenvalue weighted by Crippen LogP contribution is 2.30. The first-order valence-corrected chi connectivity index (χ1v) is 9.89. The van der Waals surface area contributed by atoms with Gasteiger partial charge in [-0.05, 0) is 25.0 Å². The largest absolute Gasteiger partial charge is 0.370 e. The van der Waals surface area contributed by atoms with Crippen LogP contribution in [0.1, 0.15) is 23.3 Å². The highest BCUT2D eigenvalue weighted by molar-refractivity contribution is 7.13. The molecule has 3 aromatic rings. The van der Waals surface area contributed by atoms with Crippen molar-refractivity contribution in [1.29, 1.82) is 0 Å². The molecule has 0 unspecified atom stereocenters.